The summed E-state index contributed by atoms with van der Waals surface area (Å²) in [7, 11) is 2.14. The predicted octanol–water partition coefficient (Wildman–Crippen LogP) is 2.00. The molecule has 0 atom stereocenters. The molecule has 5 nitrogen and oxygen atoms in total. The average molecular weight is 290 g/mol. The highest BCUT2D eigenvalue weighted by Gasteiger charge is 2.29. The molecule has 1 aliphatic heterocycles. The van der Waals surface area contributed by atoms with Crippen LogP contribution in [-0.2, 0) is 6.54 Å². The zero-order valence-corrected chi connectivity index (χ0v) is 13.0. The van der Waals surface area contributed by atoms with Crippen LogP contribution in [0.1, 0.15) is 25.3 Å². The molecule has 2 amide bonds. The van der Waals surface area contributed by atoms with Crippen LogP contribution in [0.3, 0.4) is 0 Å². The van der Waals surface area contributed by atoms with Gasteiger partial charge in [-0.05, 0) is 56.1 Å². The van der Waals surface area contributed by atoms with Gasteiger partial charge in [-0.1, -0.05) is 19.1 Å². The van der Waals surface area contributed by atoms with E-state index in [1.165, 1.54) is 0 Å². The Kier molecular flexibility index (Phi) is 5.20. The van der Waals surface area contributed by atoms with Crippen LogP contribution in [0, 0.1) is 5.41 Å². The van der Waals surface area contributed by atoms with Crippen LogP contribution in [0.25, 0.3) is 0 Å². The monoisotopic (exact) mass is 290 g/mol. The fourth-order valence-electron chi connectivity index (χ4n) is 2.53. The van der Waals surface area contributed by atoms with Crippen molar-refractivity contribution in [2.75, 3.05) is 32.0 Å². The summed E-state index contributed by atoms with van der Waals surface area (Å²) in [6, 6.07) is 7.45. The topological polar surface area (TPSA) is 70.4 Å². The number of piperidine rings is 1. The highest BCUT2D eigenvalue weighted by molar-refractivity contribution is 5.89. The number of anilines is 1. The molecular formula is C16H26N4O. The molecule has 0 radical (unpaired) electrons. The fraction of sp³-hybridized carbons (Fsp3) is 0.562. The van der Waals surface area contributed by atoms with Crippen molar-refractivity contribution < 1.29 is 4.79 Å². The van der Waals surface area contributed by atoms with Gasteiger partial charge >= 0.3 is 6.03 Å². The molecule has 1 saturated heterocycles. The quantitative estimate of drug-likeness (QED) is 0.794. The van der Waals surface area contributed by atoms with Crippen LogP contribution in [0.5, 0.6) is 0 Å². The van der Waals surface area contributed by atoms with E-state index in [2.05, 4.69) is 29.5 Å². The third-order valence-electron chi connectivity index (χ3n) is 4.32. The van der Waals surface area contributed by atoms with Crippen LogP contribution in [0.4, 0.5) is 10.5 Å². The average Bonchev–Trinajstić information content (AvgIpc) is 2.50. The van der Waals surface area contributed by atoms with Gasteiger partial charge in [-0.2, -0.15) is 0 Å². The molecule has 0 bridgehead atoms. The van der Waals surface area contributed by atoms with Crippen molar-refractivity contribution in [2.45, 2.75) is 26.3 Å². The van der Waals surface area contributed by atoms with E-state index >= 15 is 0 Å². The number of rotatable bonds is 4. The van der Waals surface area contributed by atoms with Crippen molar-refractivity contribution in [2.24, 2.45) is 11.1 Å². The number of hydrogen-bond acceptors (Lipinski definition) is 3. The van der Waals surface area contributed by atoms with Crippen LogP contribution in [0.15, 0.2) is 24.3 Å². The van der Waals surface area contributed by atoms with Crippen molar-refractivity contribution in [3.8, 4) is 0 Å². The molecule has 0 aromatic heterocycles. The smallest absolute Gasteiger partial charge is 0.319 e. The lowest BCUT2D eigenvalue weighted by Crippen LogP contribution is -2.44. The number of carbonyl (C=O) groups is 1. The third kappa shape index (κ3) is 4.72. The third-order valence-corrected chi connectivity index (χ3v) is 4.32. The highest BCUT2D eigenvalue weighted by Crippen LogP contribution is 2.29. The summed E-state index contributed by atoms with van der Waals surface area (Å²) in [5.74, 6) is 0. The van der Waals surface area contributed by atoms with Crippen molar-refractivity contribution in [3.63, 3.8) is 0 Å². The van der Waals surface area contributed by atoms with Gasteiger partial charge in [0.15, 0.2) is 0 Å². The number of urea groups is 1. The SMILES string of the molecule is CN1CCC(C)(CNC(=O)Nc2ccc(CN)cc2)CC1. The summed E-state index contributed by atoms with van der Waals surface area (Å²) in [6.07, 6.45) is 2.24. The Balaban J connectivity index is 1.79. The van der Waals surface area contributed by atoms with Gasteiger partial charge in [-0.15, -0.1) is 0 Å². The molecular weight excluding hydrogens is 264 g/mol. The lowest BCUT2D eigenvalue weighted by Gasteiger charge is -2.37. The maximum atomic E-state index is 12.0. The van der Waals surface area contributed by atoms with Crippen molar-refractivity contribution in [1.29, 1.82) is 0 Å². The van der Waals surface area contributed by atoms with Gasteiger partial charge in [0, 0.05) is 18.8 Å². The normalized spacial score (nSPS) is 18.2. The van der Waals surface area contributed by atoms with E-state index in [4.69, 9.17) is 5.73 Å². The molecule has 2 rings (SSSR count). The summed E-state index contributed by atoms with van der Waals surface area (Å²) < 4.78 is 0. The molecule has 5 heteroatoms. The number of likely N-dealkylation sites (tertiary alicyclic amines) is 1. The Morgan fingerprint density at radius 3 is 2.48 bits per heavy atom. The zero-order valence-electron chi connectivity index (χ0n) is 13.0. The molecule has 0 spiro atoms. The second-order valence-electron chi connectivity index (χ2n) is 6.32. The molecule has 21 heavy (non-hydrogen) atoms. The van der Waals surface area contributed by atoms with Gasteiger partial charge in [0.05, 0.1) is 0 Å². The lowest BCUT2D eigenvalue weighted by molar-refractivity contribution is 0.139. The van der Waals surface area contributed by atoms with E-state index in [-0.39, 0.29) is 11.4 Å². The fourth-order valence-corrected chi connectivity index (χ4v) is 2.53. The van der Waals surface area contributed by atoms with E-state index in [0.717, 1.165) is 37.2 Å². The number of hydrogen-bond donors (Lipinski definition) is 3. The van der Waals surface area contributed by atoms with E-state index in [0.29, 0.717) is 13.1 Å². The van der Waals surface area contributed by atoms with Crippen molar-refractivity contribution in [1.82, 2.24) is 10.2 Å². The number of nitrogens with zero attached hydrogens (tertiary/aromatic N) is 1. The number of benzene rings is 1. The Morgan fingerprint density at radius 1 is 1.29 bits per heavy atom. The Morgan fingerprint density at radius 2 is 1.90 bits per heavy atom. The number of nitrogens with one attached hydrogen (secondary N) is 2. The minimum Gasteiger partial charge on any atom is -0.337 e. The Labute approximate surface area is 126 Å². The molecule has 1 heterocycles. The van der Waals surface area contributed by atoms with Crippen LogP contribution in [-0.4, -0.2) is 37.6 Å². The molecule has 4 N–H and O–H groups in total. The van der Waals surface area contributed by atoms with E-state index in [1.54, 1.807) is 0 Å². The van der Waals surface area contributed by atoms with Crippen LogP contribution < -0.4 is 16.4 Å². The minimum absolute atomic E-state index is 0.143. The summed E-state index contributed by atoms with van der Waals surface area (Å²) in [5, 5.41) is 5.85. The maximum absolute atomic E-state index is 12.0. The summed E-state index contributed by atoms with van der Waals surface area (Å²) in [6.45, 7) is 5.67. The second kappa shape index (κ2) is 6.91. The maximum Gasteiger partial charge on any atom is 0.319 e. The van der Waals surface area contributed by atoms with Gasteiger partial charge < -0.3 is 21.3 Å². The summed E-state index contributed by atoms with van der Waals surface area (Å²) >= 11 is 0. The van der Waals surface area contributed by atoms with Gasteiger partial charge in [0.1, 0.15) is 0 Å². The van der Waals surface area contributed by atoms with E-state index in [1.807, 2.05) is 24.3 Å². The number of nitrogens with two attached hydrogens (primary N) is 1. The van der Waals surface area contributed by atoms with E-state index in [9.17, 15) is 4.79 Å². The first-order chi connectivity index (χ1) is 10.0. The molecule has 0 aliphatic carbocycles. The summed E-state index contributed by atoms with van der Waals surface area (Å²) in [5.41, 5.74) is 7.60. The highest BCUT2D eigenvalue weighted by atomic mass is 16.2. The van der Waals surface area contributed by atoms with E-state index < -0.39 is 0 Å². The first-order valence-corrected chi connectivity index (χ1v) is 7.53. The molecule has 0 saturated carbocycles. The predicted molar refractivity (Wildman–Crippen MR) is 86.2 cm³/mol. The Hall–Kier alpha value is -1.59. The zero-order chi connectivity index (χ0) is 15.3. The summed E-state index contributed by atoms with van der Waals surface area (Å²) in [4.78, 5) is 14.3. The largest absolute Gasteiger partial charge is 0.337 e. The number of carbonyl (C=O) groups excluding carboxylic acids is 1. The lowest BCUT2D eigenvalue weighted by atomic mass is 9.80. The van der Waals surface area contributed by atoms with Gasteiger partial charge in [-0.3, -0.25) is 0 Å². The Bertz CT molecular complexity index is 464. The standard InChI is InChI=1S/C16H26N4O/c1-16(7-9-20(2)10-8-16)12-18-15(21)19-14-5-3-13(11-17)4-6-14/h3-6H,7-12,17H2,1-2H3,(H2,18,19,21). The first kappa shape index (κ1) is 15.8. The molecule has 116 valence electrons. The molecule has 1 fully saturated rings. The molecule has 1 aliphatic rings. The molecule has 0 unspecified atom stereocenters. The first-order valence-electron chi connectivity index (χ1n) is 7.53. The van der Waals surface area contributed by atoms with Gasteiger partial charge in [0.25, 0.3) is 0 Å². The van der Waals surface area contributed by atoms with Crippen molar-refractivity contribution in [3.05, 3.63) is 29.8 Å². The van der Waals surface area contributed by atoms with Crippen LogP contribution >= 0.6 is 0 Å². The van der Waals surface area contributed by atoms with Crippen molar-refractivity contribution >= 4 is 11.7 Å². The number of amides is 2. The van der Waals surface area contributed by atoms with Gasteiger partial charge in [0.2, 0.25) is 0 Å². The minimum atomic E-state index is -0.143. The molecule has 1 aromatic carbocycles. The molecule has 1 aromatic rings. The van der Waals surface area contributed by atoms with Crippen LogP contribution in [0.2, 0.25) is 0 Å². The van der Waals surface area contributed by atoms with Gasteiger partial charge in [-0.25, -0.2) is 4.79 Å². The second-order valence-corrected chi connectivity index (χ2v) is 6.32.